The summed E-state index contributed by atoms with van der Waals surface area (Å²) in [5, 5.41) is 0.615. The van der Waals surface area contributed by atoms with Crippen LogP contribution in [0.25, 0.3) is 0 Å². The van der Waals surface area contributed by atoms with Crippen molar-refractivity contribution in [2.75, 3.05) is 13.7 Å². The smallest absolute Gasteiger partial charge is 0.183 e. The second-order valence-electron chi connectivity index (χ2n) is 3.99. The average molecular weight is 254 g/mol. The molecule has 0 saturated heterocycles. The molecule has 0 saturated carbocycles. The van der Waals surface area contributed by atoms with E-state index >= 15 is 0 Å². The first-order valence-corrected chi connectivity index (χ1v) is 6.15. The molecule has 0 spiro atoms. The van der Waals surface area contributed by atoms with E-state index in [1.807, 2.05) is 18.2 Å². The highest BCUT2D eigenvalue weighted by molar-refractivity contribution is 6.32. The molecule has 3 nitrogen and oxygen atoms in total. The molecule has 1 aliphatic rings. The minimum absolute atomic E-state index is 0.0694. The first kappa shape index (κ1) is 12.2. The van der Waals surface area contributed by atoms with Crippen molar-refractivity contribution in [1.82, 2.24) is 0 Å². The molecule has 1 aromatic rings. The lowest BCUT2D eigenvalue weighted by Crippen LogP contribution is -1.99. The van der Waals surface area contributed by atoms with Gasteiger partial charge in [-0.3, -0.25) is 0 Å². The number of hydrogen-bond acceptors (Lipinski definition) is 3. The Balaban J connectivity index is 2.16. The number of methoxy groups -OCH3 is 1. The number of rotatable bonds is 4. The summed E-state index contributed by atoms with van der Waals surface area (Å²) in [6, 6.07) is 5.81. The van der Waals surface area contributed by atoms with Gasteiger partial charge < -0.3 is 9.47 Å². The molecule has 0 aliphatic carbocycles. The van der Waals surface area contributed by atoms with Crippen molar-refractivity contribution < 1.29 is 9.47 Å². The summed E-state index contributed by atoms with van der Waals surface area (Å²) in [7, 11) is 1.61. The fourth-order valence-electron chi connectivity index (χ4n) is 1.83. The van der Waals surface area contributed by atoms with E-state index in [0.717, 1.165) is 24.3 Å². The lowest BCUT2D eigenvalue weighted by Gasteiger charge is -2.08. The van der Waals surface area contributed by atoms with Gasteiger partial charge in [0.1, 0.15) is 18.4 Å². The molecule has 92 valence electrons. The van der Waals surface area contributed by atoms with Gasteiger partial charge in [-0.2, -0.15) is 0 Å². The quantitative estimate of drug-likeness (QED) is 0.821. The summed E-state index contributed by atoms with van der Waals surface area (Å²) >= 11 is 6.09. The molecular formula is C13H16ClNO2. The van der Waals surface area contributed by atoms with Crippen LogP contribution < -0.4 is 4.74 Å². The Bertz CT molecular complexity index is 431. The van der Waals surface area contributed by atoms with E-state index in [4.69, 9.17) is 21.1 Å². The first-order chi connectivity index (χ1) is 8.24. The molecule has 0 fully saturated rings. The topological polar surface area (TPSA) is 30.8 Å². The van der Waals surface area contributed by atoms with Crippen LogP contribution in [0.2, 0.25) is 5.02 Å². The Labute approximate surface area is 106 Å². The fourth-order valence-corrected chi connectivity index (χ4v) is 2.10. The highest BCUT2D eigenvalue weighted by Gasteiger charge is 2.20. The lowest BCUT2D eigenvalue weighted by molar-refractivity contribution is 0.311. The van der Waals surface area contributed by atoms with E-state index in [1.165, 1.54) is 0 Å². The van der Waals surface area contributed by atoms with E-state index in [1.54, 1.807) is 7.11 Å². The molecule has 2 rings (SSSR count). The Morgan fingerprint density at radius 3 is 3.00 bits per heavy atom. The minimum Gasteiger partial charge on any atom is -0.495 e. The van der Waals surface area contributed by atoms with Crippen LogP contribution >= 0.6 is 11.6 Å². The summed E-state index contributed by atoms with van der Waals surface area (Å²) in [5.41, 5.74) is 1.07. The molecule has 1 unspecified atom stereocenters. The van der Waals surface area contributed by atoms with Crippen LogP contribution in [0.3, 0.4) is 0 Å². The standard InChI is InChI=1S/C13H16ClNO2/c1-3-4-13-15-11(8-17-13)9-5-6-12(16-2)10(14)7-9/h5-7,11H,3-4,8H2,1-2H3. The van der Waals surface area contributed by atoms with Gasteiger partial charge in [-0.05, 0) is 24.1 Å². The molecule has 0 radical (unpaired) electrons. The van der Waals surface area contributed by atoms with Gasteiger partial charge in [-0.25, -0.2) is 4.99 Å². The van der Waals surface area contributed by atoms with Crippen LogP contribution in [-0.2, 0) is 4.74 Å². The Morgan fingerprint density at radius 2 is 2.35 bits per heavy atom. The van der Waals surface area contributed by atoms with Gasteiger partial charge in [0.2, 0.25) is 0 Å². The predicted octanol–water partition coefficient (Wildman–Crippen LogP) is 3.62. The molecule has 1 atom stereocenters. The molecule has 0 bridgehead atoms. The highest BCUT2D eigenvalue weighted by atomic mass is 35.5. The van der Waals surface area contributed by atoms with Crippen LogP contribution in [0.4, 0.5) is 0 Å². The average Bonchev–Trinajstić information content (AvgIpc) is 2.78. The van der Waals surface area contributed by atoms with E-state index in [9.17, 15) is 0 Å². The minimum atomic E-state index is 0.0694. The van der Waals surface area contributed by atoms with Gasteiger partial charge >= 0.3 is 0 Å². The number of ether oxygens (including phenoxy) is 2. The van der Waals surface area contributed by atoms with Crippen LogP contribution in [0, 0.1) is 0 Å². The van der Waals surface area contributed by atoms with E-state index in [0.29, 0.717) is 17.4 Å². The zero-order valence-electron chi connectivity index (χ0n) is 10.1. The third kappa shape index (κ3) is 2.72. The fraction of sp³-hybridized carbons (Fsp3) is 0.462. The molecule has 4 heteroatoms. The maximum absolute atomic E-state index is 6.09. The van der Waals surface area contributed by atoms with Gasteiger partial charge in [0.25, 0.3) is 0 Å². The molecular weight excluding hydrogens is 238 g/mol. The zero-order chi connectivity index (χ0) is 12.3. The zero-order valence-corrected chi connectivity index (χ0v) is 10.8. The second-order valence-corrected chi connectivity index (χ2v) is 4.40. The van der Waals surface area contributed by atoms with Crippen LogP contribution in [0.15, 0.2) is 23.2 Å². The molecule has 1 heterocycles. The molecule has 0 N–H and O–H groups in total. The predicted molar refractivity (Wildman–Crippen MR) is 69.0 cm³/mol. The van der Waals surface area contributed by atoms with Crippen molar-refractivity contribution in [3.63, 3.8) is 0 Å². The molecule has 0 amide bonds. The van der Waals surface area contributed by atoms with Crippen molar-refractivity contribution in [2.45, 2.75) is 25.8 Å². The lowest BCUT2D eigenvalue weighted by atomic mass is 10.1. The van der Waals surface area contributed by atoms with Gasteiger partial charge in [0.05, 0.1) is 12.1 Å². The van der Waals surface area contributed by atoms with E-state index in [-0.39, 0.29) is 6.04 Å². The summed E-state index contributed by atoms with van der Waals surface area (Å²) < 4.78 is 10.7. The van der Waals surface area contributed by atoms with Crippen LogP contribution in [0.1, 0.15) is 31.4 Å². The normalized spacial score (nSPS) is 18.8. The van der Waals surface area contributed by atoms with Gasteiger partial charge in [0, 0.05) is 6.42 Å². The Morgan fingerprint density at radius 1 is 1.53 bits per heavy atom. The monoisotopic (exact) mass is 253 g/mol. The summed E-state index contributed by atoms with van der Waals surface area (Å²) in [6.45, 7) is 2.72. The maximum Gasteiger partial charge on any atom is 0.183 e. The summed E-state index contributed by atoms with van der Waals surface area (Å²) in [4.78, 5) is 4.54. The Hall–Kier alpha value is -1.22. The number of hydrogen-bond donors (Lipinski definition) is 0. The summed E-state index contributed by atoms with van der Waals surface area (Å²) in [5.74, 6) is 1.54. The van der Waals surface area contributed by atoms with Crippen molar-refractivity contribution in [3.05, 3.63) is 28.8 Å². The third-order valence-electron chi connectivity index (χ3n) is 2.73. The molecule has 0 aromatic heterocycles. The number of nitrogens with zero attached hydrogens (tertiary/aromatic N) is 1. The number of halogens is 1. The first-order valence-electron chi connectivity index (χ1n) is 5.77. The van der Waals surface area contributed by atoms with Crippen molar-refractivity contribution in [3.8, 4) is 5.75 Å². The van der Waals surface area contributed by atoms with Crippen LogP contribution in [0.5, 0.6) is 5.75 Å². The van der Waals surface area contributed by atoms with Gasteiger partial charge in [-0.15, -0.1) is 0 Å². The van der Waals surface area contributed by atoms with Gasteiger partial charge in [0.15, 0.2) is 5.90 Å². The van der Waals surface area contributed by atoms with E-state index < -0.39 is 0 Å². The Kier molecular flexibility index (Phi) is 3.89. The van der Waals surface area contributed by atoms with Crippen molar-refractivity contribution in [2.24, 2.45) is 4.99 Å². The van der Waals surface area contributed by atoms with Gasteiger partial charge in [-0.1, -0.05) is 24.6 Å². The van der Waals surface area contributed by atoms with Crippen molar-refractivity contribution >= 4 is 17.5 Å². The van der Waals surface area contributed by atoms with Crippen molar-refractivity contribution in [1.29, 1.82) is 0 Å². The number of benzene rings is 1. The molecule has 1 aromatic carbocycles. The van der Waals surface area contributed by atoms with E-state index in [2.05, 4.69) is 11.9 Å². The second kappa shape index (κ2) is 5.41. The number of aliphatic imine (C=N–C) groups is 1. The molecule has 17 heavy (non-hydrogen) atoms. The third-order valence-corrected chi connectivity index (χ3v) is 3.03. The molecule has 1 aliphatic heterocycles. The van der Waals surface area contributed by atoms with Crippen LogP contribution in [-0.4, -0.2) is 19.6 Å². The highest BCUT2D eigenvalue weighted by Crippen LogP contribution is 2.31. The SMILES string of the molecule is CCCC1=NC(c2ccc(OC)c(Cl)c2)CO1. The maximum atomic E-state index is 6.09. The summed E-state index contributed by atoms with van der Waals surface area (Å²) in [6.07, 6.45) is 1.95. The largest absolute Gasteiger partial charge is 0.495 e.